The van der Waals surface area contributed by atoms with Crippen LogP contribution >= 0.6 is 0 Å². The smallest absolute Gasteiger partial charge is 0.438 e. The average molecular weight is 675 g/mol. The molecule has 1 aliphatic rings. The number of aliphatic hydroxyl groups is 5. The number of sulfonamides is 1. The fourth-order valence-corrected chi connectivity index (χ4v) is 5.85. The number of benzene rings is 2. The molecule has 0 radical (unpaired) electrons. The first-order valence-electron chi connectivity index (χ1n) is 15.0. The first-order valence-corrected chi connectivity index (χ1v) is 16.5. The molecule has 1 heterocycles. The van der Waals surface area contributed by atoms with E-state index in [-0.39, 0.29) is 29.5 Å². The second kappa shape index (κ2) is 17.1. The lowest BCUT2D eigenvalue weighted by molar-refractivity contribution is -0.124. The van der Waals surface area contributed by atoms with Gasteiger partial charge in [-0.15, -0.1) is 0 Å². The molecule has 3 aromatic rings. The number of ether oxygens (including phenoxy) is 1. The Kier molecular flexibility index (Phi) is 13.2. The molecule has 1 saturated carbocycles. The fraction of sp³-hybridized carbons (Fsp3) is 0.433. The summed E-state index contributed by atoms with van der Waals surface area (Å²) in [4.78, 5) is 21.5. The molecule has 17 heteroatoms. The van der Waals surface area contributed by atoms with Gasteiger partial charge in [-0.1, -0.05) is 43.2 Å². The third kappa shape index (κ3) is 11.0. The molecule has 15 nitrogen and oxygen atoms in total. The lowest BCUT2D eigenvalue weighted by Gasteiger charge is -2.28. The van der Waals surface area contributed by atoms with E-state index in [1.165, 1.54) is 42.9 Å². The van der Waals surface area contributed by atoms with Crippen LogP contribution in [-0.2, 0) is 25.9 Å². The van der Waals surface area contributed by atoms with E-state index in [1.807, 2.05) is 0 Å². The summed E-state index contributed by atoms with van der Waals surface area (Å²) in [6, 6.07) is 12.9. The molecule has 0 aliphatic heterocycles. The molecular formula is C30H39BN4O11S. The van der Waals surface area contributed by atoms with Gasteiger partial charge in [0.25, 0.3) is 0 Å². The van der Waals surface area contributed by atoms with E-state index in [1.54, 1.807) is 30.3 Å². The minimum absolute atomic E-state index is 0.0249. The summed E-state index contributed by atoms with van der Waals surface area (Å²) in [5.41, 5.74) is 0.666. The van der Waals surface area contributed by atoms with Gasteiger partial charge in [-0.3, -0.25) is 9.78 Å². The molecule has 0 spiro atoms. The fourth-order valence-electron chi connectivity index (χ4n) is 4.66. The standard InChI is InChI=1S/C30H39BN4O11S/c36-17-24(37)28(39)29(40)25(38)18-45-31(42)26(15-20-6-7-20)34-30(41)23(14-19-4-2-1-3-5-19)35-47(43,44)22-10-8-21(9-11-22)46-27-16-32-12-13-33-27/h1-5,8-13,16,20,23-26,28-29,35-40,42H,6-7,14-15,17-18H2,(H,34,41)/t23-,24+,25+,26-,28+,29+/m0/s1. The Balaban J connectivity index is 1.46. The van der Waals surface area contributed by atoms with Crippen LogP contribution in [0.5, 0.6) is 11.6 Å². The van der Waals surface area contributed by atoms with E-state index >= 15 is 0 Å². The zero-order valence-electron chi connectivity index (χ0n) is 25.3. The predicted octanol–water partition coefficient (Wildman–Crippen LogP) is -1.08. The molecule has 1 amide bonds. The lowest BCUT2D eigenvalue weighted by atomic mass is 9.75. The van der Waals surface area contributed by atoms with Crippen molar-refractivity contribution in [3.05, 3.63) is 78.8 Å². The SMILES string of the molecule is O=C(N[C@@H](CC1CC1)B(O)OC[C@@H](O)[C@@H](O)[C@H](O)[C@H](O)CO)[C@H](Cc1ccccc1)NS(=O)(=O)c1ccc(Oc2cnccn2)cc1. The summed E-state index contributed by atoms with van der Waals surface area (Å²) in [6.07, 6.45) is -0.969. The second-order valence-corrected chi connectivity index (χ2v) is 13.0. The van der Waals surface area contributed by atoms with Crippen molar-refractivity contribution in [3.63, 3.8) is 0 Å². The Morgan fingerprint density at radius 3 is 2.28 bits per heavy atom. The van der Waals surface area contributed by atoms with Crippen molar-refractivity contribution in [2.45, 2.75) is 67.0 Å². The zero-order chi connectivity index (χ0) is 34.0. The number of carbonyl (C=O) groups excluding carboxylic acids is 1. The number of hydrogen-bond acceptors (Lipinski definition) is 13. The van der Waals surface area contributed by atoms with Gasteiger partial charge in [-0.25, -0.2) is 13.4 Å². The number of nitrogens with one attached hydrogen (secondary N) is 2. The highest BCUT2D eigenvalue weighted by Crippen LogP contribution is 2.34. The number of aliphatic hydroxyl groups excluding tert-OH is 5. The van der Waals surface area contributed by atoms with Crippen LogP contribution in [0.3, 0.4) is 0 Å². The number of amides is 1. The molecule has 0 unspecified atom stereocenters. The summed E-state index contributed by atoms with van der Waals surface area (Å²) < 4.78 is 40.2. The summed E-state index contributed by atoms with van der Waals surface area (Å²) in [7, 11) is -5.92. The van der Waals surface area contributed by atoms with Crippen LogP contribution in [0.2, 0.25) is 0 Å². The van der Waals surface area contributed by atoms with Gasteiger partial charge >= 0.3 is 7.12 Å². The highest BCUT2D eigenvalue weighted by atomic mass is 32.2. The first kappa shape index (κ1) is 36.3. The van der Waals surface area contributed by atoms with Gasteiger partial charge in [0.15, 0.2) is 0 Å². The van der Waals surface area contributed by atoms with Crippen LogP contribution in [0.25, 0.3) is 0 Å². The molecule has 0 bridgehead atoms. The molecule has 4 rings (SSSR count). The molecule has 254 valence electrons. The molecule has 0 saturated heterocycles. The molecule has 1 fully saturated rings. The molecule has 1 aromatic heterocycles. The third-order valence-corrected chi connectivity index (χ3v) is 9.00. The molecular weight excluding hydrogens is 635 g/mol. The normalized spacial score (nSPS) is 17.1. The van der Waals surface area contributed by atoms with E-state index in [4.69, 9.17) is 14.5 Å². The van der Waals surface area contributed by atoms with Crippen molar-refractivity contribution in [2.24, 2.45) is 5.92 Å². The van der Waals surface area contributed by atoms with E-state index < -0.39 is 72.7 Å². The van der Waals surface area contributed by atoms with E-state index in [2.05, 4.69) is 20.0 Å². The number of nitrogens with zero attached hydrogens (tertiary/aromatic N) is 2. The number of rotatable bonds is 19. The minimum atomic E-state index is -4.24. The first-order chi connectivity index (χ1) is 22.5. The van der Waals surface area contributed by atoms with Crippen LogP contribution in [-0.4, -0.2) is 112 Å². The Labute approximate surface area is 272 Å². The van der Waals surface area contributed by atoms with Crippen molar-refractivity contribution >= 4 is 23.0 Å². The maximum atomic E-state index is 13.7. The van der Waals surface area contributed by atoms with E-state index in [0.717, 1.165) is 12.8 Å². The quantitative estimate of drug-likeness (QED) is 0.0707. The van der Waals surface area contributed by atoms with Crippen LogP contribution in [0.1, 0.15) is 24.8 Å². The molecule has 47 heavy (non-hydrogen) atoms. The van der Waals surface area contributed by atoms with Crippen LogP contribution < -0.4 is 14.8 Å². The van der Waals surface area contributed by atoms with Gasteiger partial charge in [0.1, 0.15) is 36.2 Å². The monoisotopic (exact) mass is 674 g/mol. The van der Waals surface area contributed by atoms with Crippen molar-refractivity contribution in [1.29, 1.82) is 0 Å². The van der Waals surface area contributed by atoms with Gasteiger partial charge in [0.2, 0.25) is 21.8 Å². The third-order valence-electron chi connectivity index (χ3n) is 7.51. The van der Waals surface area contributed by atoms with E-state index in [0.29, 0.717) is 11.3 Å². The molecule has 1 aliphatic carbocycles. The second-order valence-electron chi connectivity index (χ2n) is 11.3. The lowest BCUT2D eigenvalue weighted by Crippen LogP contribution is -2.56. The van der Waals surface area contributed by atoms with Gasteiger partial charge in [-0.05, 0) is 48.6 Å². The maximum Gasteiger partial charge on any atom is 0.478 e. The average Bonchev–Trinajstić information content (AvgIpc) is 3.90. The van der Waals surface area contributed by atoms with Crippen molar-refractivity contribution in [1.82, 2.24) is 20.0 Å². The summed E-state index contributed by atoms with van der Waals surface area (Å²) >= 11 is 0. The molecule has 6 atom stereocenters. The number of carbonyl (C=O) groups is 1. The molecule has 8 N–H and O–H groups in total. The minimum Gasteiger partial charge on any atom is -0.438 e. The number of hydrogen-bond donors (Lipinski definition) is 8. The van der Waals surface area contributed by atoms with Gasteiger partial charge in [0.05, 0.1) is 30.2 Å². The Morgan fingerprint density at radius 1 is 0.979 bits per heavy atom. The van der Waals surface area contributed by atoms with Gasteiger partial charge in [-0.2, -0.15) is 4.72 Å². The van der Waals surface area contributed by atoms with Crippen molar-refractivity contribution in [2.75, 3.05) is 13.2 Å². The Morgan fingerprint density at radius 2 is 1.66 bits per heavy atom. The van der Waals surface area contributed by atoms with Gasteiger partial charge in [0, 0.05) is 12.4 Å². The highest BCUT2D eigenvalue weighted by Gasteiger charge is 2.38. The van der Waals surface area contributed by atoms with Gasteiger partial charge < -0.3 is 45.3 Å². The summed E-state index contributed by atoms with van der Waals surface area (Å²) in [5, 5.41) is 62.1. The van der Waals surface area contributed by atoms with Crippen LogP contribution in [0.4, 0.5) is 0 Å². The van der Waals surface area contributed by atoms with Crippen LogP contribution in [0, 0.1) is 5.92 Å². The highest BCUT2D eigenvalue weighted by molar-refractivity contribution is 7.89. The largest absolute Gasteiger partial charge is 0.478 e. The van der Waals surface area contributed by atoms with Crippen LogP contribution in [0.15, 0.2) is 78.1 Å². The number of aromatic nitrogens is 2. The summed E-state index contributed by atoms with van der Waals surface area (Å²) in [6.45, 7) is -1.55. The van der Waals surface area contributed by atoms with E-state index in [9.17, 15) is 38.7 Å². The predicted molar refractivity (Wildman–Crippen MR) is 167 cm³/mol. The zero-order valence-corrected chi connectivity index (χ0v) is 26.1. The Hall–Kier alpha value is -3.52. The van der Waals surface area contributed by atoms with Crippen molar-refractivity contribution in [3.8, 4) is 11.6 Å². The summed E-state index contributed by atoms with van der Waals surface area (Å²) in [5.74, 6) is -1.06. The topological polar surface area (TPSA) is 241 Å². The maximum absolute atomic E-state index is 13.7. The Bertz CT molecular complexity index is 1510. The molecule has 2 aromatic carbocycles. The van der Waals surface area contributed by atoms with Crippen molar-refractivity contribution < 1.29 is 53.2 Å².